The highest BCUT2D eigenvalue weighted by molar-refractivity contribution is 9.10. The molecule has 1 aromatic heterocycles. The van der Waals surface area contributed by atoms with Crippen LogP contribution in [0, 0.1) is 0 Å². The first-order chi connectivity index (χ1) is 17.4. The molecule has 1 N–H and O–H groups in total. The standard InChI is InChI=1S/C27H26BrN3O5/c1-29-11-13-30(14-12-29)18-6-8-19(9-7-18)31-24(22-4-3-15-36-22)23(26(33)27(31)34)25(32)17-5-10-21(35-2)20(28)16-17/h3-10,15-16,24,32H,11-14H2,1-2H3/b25-23-. The first kappa shape index (κ1) is 24.1. The number of anilines is 2. The monoisotopic (exact) mass is 551 g/mol. The summed E-state index contributed by atoms with van der Waals surface area (Å²) in [6.45, 7) is 3.81. The number of benzene rings is 2. The summed E-state index contributed by atoms with van der Waals surface area (Å²) in [5.74, 6) is -0.821. The quantitative estimate of drug-likeness (QED) is 0.285. The van der Waals surface area contributed by atoms with Crippen LogP contribution in [-0.4, -0.2) is 62.0 Å². The molecule has 8 nitrogen and oxygen atoms in total. The van der Waals surface area contributed by atoms with Gasteiger partial charge in [0.05, 0.1) is 23.4 Å². The van der Waals surface area contributed by atoms with E-state index in [9.17, 15) is 14.7 Å². The fraction of sp³-hybridized carbons (Fsp3) is 0.259. The van der Waals surface area contributed by atoms with Gasteiger partial charge in [0.1, 0.15) is 23.3 Å². The van der Waals surface area contributed by atoms with Gasteiger partial charge in [0.2, 0.25) is 0 Å². The molecular weight excluding hydrogens is 526 g/mol. The summed E-state index contributed by atoms with van der Waals surface area (Å²) in [7, 11) is 3.65. The van der Waals surface area contributed by atoms with Gasteiger partial charge >= 0.3 is 0 Å². The Bertz CT molecular complexity index is 1310. The van der Waals surface area contributed by atoms with Crippen molar-refractivity contribution in [3.8, 4) is 5.75 Å². The third-order valence-corrected chi connectivity index (χ3v) is 7.30. The van der Waals surface area contributed by atoms with Crippen LogP contribution >= 0.6 is 15.9 Å². The topological polar surface area (TPSA) is 86.5 Å². The number of piperazine rings is 1. The molecule has 2 fully saturated rings. The van der Waals surface area contributed by atoms with Crippen LogP contribution in [0.3, 0.4) is 0 Å². The highest BCUT2D eigenvalue weighted by Crippen LogP contribution is 2.43. The van der Waals surface area contributed by atoms with Crippen molar-refractivity contribution in [2.45, 2.75) is 6.04 Å². The zero-order valence-corrected chi connectivity index (χ0v) is 21.6. The van der Waals surface area contributed by atoms with Gasteiger partial charge in [-0.2, -0.15) is 0 Å². The number of carbonyl (C=O) groups is 2. The highest BCUT2D eigenvalue weighted by atomic mass is 79.9. The van der Waals surface area contributed by atoms with Crippen LogP contribution in [0.2, 0.25) is 0 Å². The molecule has 3 aromatic rings. The number of nitrogens with zero attached hydrogens (tertiary/aromatic N) is 3. The van der Waals surface area contributed by atoms with Gasteiger partial charge in [-0.25, -0.2) is 0 Å². The summed E-state index contributed by atoms with van der Waals surface area (Å²) in [5, 5.41) is 11.2. The number of furan rings is 1. The molecule has 2 aliphatic rings. The number of aliphatic hydroxyl groups excluding tert-OH is 1. The molecule has 9 heteroatoms. The number of methoxy groups -OCH3 is 1. The first-order valence-electron chi connectivity index (χ1n) is 11.6. The summed E-state index contributed by atoms with van der Waals surface area (Å²) < 4.78 is 11.5. The number of hydrogen-bond donors (Lipinski definition) is 1. The summed E-state index contributed by atoms with van der Waals surface area (Å²) in [4.78, 5) is 32.5. The lowest BCUT2D eigenvalue weighted by molar-refractivity contribution is -0.132. The molecule has 5 rings (SSSR count). The van der Waals surface area contributed by atoms with Crippen LogP contribution in [0.1, 0.15) is 17.4 Å². The summed E-state index contributed by atoms with van der Waals surface area (Å²) in [6, 6.07) is 15.0. The number of amides is 1. The lowest BCUT2D eigenvalue weighted by atomic mass is 9.99. The fourth-order valence-electron chi connectivity index (χ4n) is 4.67. The minimum atomic E-state index is -0.907. The average Bonchev–Trinajstić information content (AvgIpc) is 3.51. The third-order valence-electron chi connectivity index (χ3n) is 6.68. The Labute approximate surface area is 217 Å². The van der Waals surface area contributed by atoms with Crippen molar-refractivity contribution in [1.29, 1.82) is 0 Å². The zero-order valence-electron chi connectivity index (χ0n) is 20.0. The van der Waals surface area contributed by atoms with E-state index in [0.717, 1.165) is 31.9 Å². The van der Waals surface area contributed by atoms with Gasteiger partial charge in [-0.3, -0.25) is 14.5 Å². The molecule has 0 spiro atoms. The molecule has 1 atom stereocenters. The number of carbonyl (C=O) groups excluding carboxylic acids is 2. The maximum absolute atomic E-state index is 13.3. The number of rotatable bonds is 5. The molecule has 3 heterocycles. The van der Waals surface area contributed by atoms with Crippen molar-refractivity contribution in [3.05, 3.63) is 82.2 Å². The first-order valence-corrected chi connectivity index (χ1v) is 12.4. The number of aliphatic hydroxyl groups is 1. The maximum Gasteiger partial charge on any atom is 0.300 e. The highest BCUT2D eigenvalue weighted by Gasteiger charge is 2.48. The summed E-state index contributed by atoms with van der Waals surface area (Å²) >= 11 is 3.41. The number of likely N-dealkylation sites (N-methyl/N-ethyl adjacent to an activating group) is 1. The smallest absolute Gasteiger partial charge is 0.300 e. The van der Waals surface area contributed by atoms with Crippen molar-refractivity contribution in [3.63, 3.8) is 0 Å². The molecule has 2 aliphatic heterocycles. The van der Waals surface area contributed by atoms with E-state index in [1.807, 2.05) is 24.3 Å². The Morgan fingerprint density at radius 3 is 2.33 bits per heavy atom. The van der Waals surface area contributed by atoms with Gasteiger partial charge in [0.15, 0.2) is 0 Å². The number of hydrogen-bond acceptors (Lipinski definition) is 7. The normalized spacial score (nSPS) is 20.2. The maximum atomic E-state index is 13.3. The van der Waals surface area contributed by atoms with E-state index in [4.69, 9.17) is 9.15 Å². The van der Waals surface area contributed by atoms with Gasteiger partial charge in [-0.05, 0) is 77.6 Å². The molecule has 0 bridgehead atoms. The van der Waals surface area contributed by atoms with Crippen molar-refractivity contribution < 1.29 is 23.8 Å². The molecule has 2 aromatic carbocycles. The second kappa shape index (κ2) is 9.83. The van der Waals surface area contributed by atoms with E-state index in [2.05, 4.69) is 32.8 Å². The predicted molar refractivity (Wildman–Crippen MR) is 140 cm³/mol. The second-order valence-electron chi connectivity index (χ2n) is 8.84. The molecule has 0 saturated carbocycles. The zero-order chi connectivity index (χ0) is 25.4. The van der Waals surface area contributed by atoms with E-state index in [1.165, 1.54) is 18.3 Å². The summed E-state index contributed by atoms with van der Waals surface area (Å²) in [6.07, 6.45) is 1.48. The van der Waals surface area contributed by atoms with Crippen molar-refractivity contribution in [1.82, 2.24) is 4.90 Å². The van der Waals surface area contributed by atoms with E-state index in [1.54, 1.807) is 30.3 Å². The van der Waals surface area contributed by atoms with Crippen LogP contribution in [0.25, 0.3) is 5.76 Å². The van der Waals surface area contributed by atoms with E-state index in [0.29, 0.717) is 27.2 Å². The Kier molecular flexibility index (Phi) is 6.59. The van der Waals surface area contributed by atoms with Crippen LogP contribution in [-0.2, 0) is 9.59 Å². The largest absolute Gasteiger partial charge is 0.507 e. The Hall–Kier alpha value is -3.56. The van der Waals surface area contributed by atoms with Gasteiger partial charge in [-0.1, -0.05) is 0 Å². The van der Waals surface area contributed by atoms with Crippen LogP contribution < -0.4 is 14.5 Å². The van der Waals surface area contributed by atoms with Crippen LogP contribution in [0.5, 0.6) is 5.75 Å². The molecule has 1 unspecified atom stereocenters. The molecule has 0 radical (unpaired) electrons. The second-order valence-corrected chi connectivity index (χ2v) is 9.69. The minimum absolute atomic E-state index is 0.0323. The van der Waals surface area contributed by atoms with Crippen LogP contribution in [0.15, 0.2) is 75.3 Å². The Balaban J connectivity index is 1.55. The van der Waals surface area contributed by atoms with Crippen molar-refractivity contribution in [2.75, 3.05) is 50.1 Å². The number of Topliss-reactive ketones (excluding diaryl/α,β-unsaturated/α-hetero) is 1. The average molecular weight is 552 g/mol. The molecule has 0 aliphatic carbocycles. The van der Waals surface area contributed by atoms with Gasteiger partial charge in [0, 0.05) is 43.1 Å². The Morgan fingerprint density at radius 1 is 1.03 bits per heavy atom. The summed E-state index contributed by atoms with van der Waals surface area (Å²) in [5.41, 5.74) is 1.95. The lowest BCUT2D eigenvalue weighted by Crippen LogP contribution is -2.44. The number of halogens is 1. The fourth-order valence-corrected chi connectivity index (χ4v) is 5.21. The Morgan fingerprint density at radius 2 is 1.72 bits per heavy atom. The molecule has 1 amide bonds. The molecule has 2 saturated heterocycles. The number of ether oxygens (including phenoxy) is 1. The van der Waals surface area contributed by atoms with E-state index >= 15 is 0 Å². The number of ketones is 1. The van der Waals surface area contributed by atoms with Crippen molar-refractivity contribution >= 4 is 44.8 Å². The SMILES string of the molecule is COc1ccc(/C(O)=C2/C(=O)C(=O)N(c3ccc(N4CCN(C)CC4)cc3)C2c2ccco2)cc1Br. The van der Waals surface area contributed by atoms with E-state index in [-0.39, 0.29) is 11.3 Å². The molecule has 186 valence electrons. The third kappa shape index (κ3) is 4.29. The molecular formula is C27H26BrN3O5. The van der Waals surface area contributed by atoms with Gasteiger partial charge in [0.25, 0.3) is 11.7 Å². The minimum Gasteiger partial charge on any atom is -0.507 e. The lowest BCUT2D eigenvalue weighted by Gasteiger charge is -2.34. The van der Waals surface area contributed by atoms with Crippen molar-refractivity contribution in [2.24, 2.45) is 0 Å². The predicted octanol–water partition coefficient (Wildman–Crippen LogP) is 4.43. The van der Waals surface area contributed by atoms with Crippen LogP contribution in [0.4, 0.5) is 11.4 Å². The van der Waals surface area contributed by atoms with Gasteiger partial charge in [-0.15, -0.1) is 0 Å². The van der Waals surface area contributed by atoms with Gasteiger partial charge < -0.3 is 24.1 Å². The van der Waals surface area contributed by atoms with E-state index < -0.39 is 17.7 Å². The molecule has 36 heavy (non-hydrogen) atoms.